The van der Waals surface area contributed by atoms with Crippen molar-refractivity contribution >= 4 is 23.2 Å². The van der Waals surface area contributed by atoms with Crippen molar-refractivity contribution in [1.29, 1.82) is 0 Å². The number of carbonyl (C=O) groups excluding carboxylic acids is 2. The molecule has 27 heavy (non-hydrogen) atoms. The minimum Gasteiger partial charge on any atom is -0.369 e. The minimum absolute atomic E-state index is 0.000718. The van der Waals surface area contributed by atoms with Gasteiger partial charge in [0.2, 0.25) is 5.91 Å². The van der Waals surface area contributed by atoms with Gasteiger partial charge in [-0.25, -0.2) is 0 Å². The summed E-state index contributed by atoms with van der Waals surface area (Å²) in [6.45, 7) is 7.46. The summed E-state index contributed by atoms with van der Waals surface area (Å²) in [5.41, 5.74) is 9.53. The van der Waals surface area contributed by atoms with Crippen LogP contribution in [0.2, 0.25) is 0 Å². The van der Waals surface area contributed by atoms with Gasteiger partial charge in [-0.2, -0.15) is 0 Å². The number of amides is 2. The van der Waals surface area contributed by atoms with Crippen molar-refractivity contribution < 1.29 is 9.59 Å². The van der Waals surface area contributed by atoms with E-state index in [1.54, 1.807) is 12.3 Å². The number of nitrogens with zero attached hydrogens (tertiary/aromatic N) is 3. The minimum atomic E-state index is -0.529. The Hall–Kier alpha value is -2.93. The number of rotatable bonds is 5. The van der Waals surface area contributed by atoms with Gasteiger partial charge in [-0.05, 0) is 37.1 Å². The maximum absolute atomic E-state index is 12.4. The molecule has 1 aromatic carbocycles. The van der Waals surface area contributed by atoms with Crippen LogP contribution in [0, 0.1) is 13.8 Å². The molecule has 2 heterocycles. The van der Waals surface area contributed by atoms with Crippen molar-refractivity contribution in [2.45, 2.75) is 13.8 Å². The standard InChI is InChI=1S/C20H25N5O2/c1-14-4-3-5-15(2)19(14)23-18(26)13-24-8-10-25(11-9-24)16-6-7-22-17(12-16)20(21)27/h3-7,12H,8-11,13H2,1-2H3,(H2,21,27)(H,23,26). The molecule has 1 aliphatic rings. The monoisotopic (exact) mass is 367 g/mol. The number of nitrogens with two attached hydrogens (primary N) is 1. The molecule has 1 saturated heterocycles. The molecule has 0 bridgehead atoms. The topological polar surface area (TPSA) is 91.6 Å². The van der Waals surface area contributed by atoms with Gasteiger partial charge in [0.05, 0.1) is 6.54 Å². The molecular weight excluding hydrogens is 342 g/mol. The summed E-state index contributed by atoms with van der Waals surface area (Å²) < 4.78 is 0. The lowest BCUT2D eigenvalue weighted by atomic mass is 10.1. The van der Waals surface area contributed by atoms with Crippen LogP contribution in [-0.2, 0) is 4.79 Å². The third-order valence-electron chi connectivity index (χ3n) is 4.85. The van der Waals surface area contributed by atoms with E-state index in [0.29, 0.717) is 6.54 Å². The molecule has 0 saturated carbocycles. The summed E-state index contributed by atoms with van der Waals surface area (Å²) in [6.07, 6.45) is 1.60. The first kappa shape index (κ1) is 18.8. The quantitative estimate of drug-likeness (QED) is 0.837. The van der Waals surface area contributed by atoms with Gasteiger partial charge < -0.3 is 16.0 Å². The smallest absolute Gasteiger partial charge is 0.267 e. The molecule has 7 heteroatoms. The summed E-state index contributed by atoms with van der Waals surface area (Å²) >= 11 is 0. The van der Waals surface area contributed by atoms with E-state index in [9.17, 15) is 9.59 Å². The molecule has 0 unspecified atom stereocenters. The Bertz CT molecular complexity index is 824. The Labute approximate surface area is 159 Å². The molecule has 0 atom stereocenters. The van der Waals surface area contributed by atoms with Crippen LogP contribution in [-0.4, -0.2) is 54.4 Å². The van der Waals surface area contributed by atoms with E-state index in [2.05, 4.69) is 20.1 Å². The molecule has 142 valence electrons. The molecule has 1 fully saturated rings. The number of anilines is 2. The highest BCUT2D eigenvalue weighted by Gasteiger charge is 2.20. The molecule has 2 aromatic rings. The molecule has 0 radical (unpaired) electrons. The first-order valence-corrected chi connectivity index (χ1v) is 9.03. The van der Waals surface area contributed by atoms with Gasteiger partial charge in [0.15, 0.2) is 0 Å². The average Bonchev–Trinajstić information content (AvgIpc) is 2.65. The fourth-order valence-corrected chi connectivity index (χ4v) is 3.31. The highest BCUT2D eigenvalue weighted by molar-refractivity contribution is 5.94. The van der Waals surface area contributed by atoms with Crippen LogP contribution in [0.15, 0.2) is 36.5 Å². The van der Waals surface area contributed by atoms with Crippen molar-refractivity contribution in [3.05, 3.63) is 53.3 Å². The zero-order valence-corrected chi connectivity index (χ0v) is 15.7. The van der Waals surface area contributed by atoms with Crippen LogP contribution < -0.4 is 16.0 Å². The van der Waals surface area contributed by atoms with Crippen LogP contribution in [0.1, 0.15) is 21.6 Å². The molecule has 2 amide bonds. The number of aromatic nitrogens is 1. The van der Waals surface area contributed by atoms with Crippen LogP contribution >= 0.6 is 0 Å². The zero-order chi connectivity index (χ0) is 19.4. The SMILES string of the molecule is Cc1cccc(C)c1NC(=O)CN1CCN(c2ccnc(C(N)=O)c2)CC1. The number of hydrogen-bond acceptors (Lipinski definition) is 5. The number of benzene rings is 1. The molecule has 0 spiro atoms. The van der Waals surface area contributed by atoms with Gasteiger partial charge in [0, 0.05) is 43.8 Å². The van der Waals surface area contributed by atoms with Crippen molar-refractivity contribution in [1.82, 2.24) is 9.88 Å². The Kier molecular flexibility index (Phi) is 5.71. The summed E-state index contributed by atoms with van der Waals surface area (Å²) in [4.78, 5) is 32.0. The molecule has 1 aromatic heterocycles. The summed E-state index contributed by atoms with van der Waals surface area (Å²) in [5.74, 6) is -0.528. The zero-order valence-electron chi connectivity index (χ0n) is 15.7. The first-order valence-electron chi connectivity index (χ1n) is 9.03. The average molecular weight is 367 g/mol. The van der Waals surface area contributed by atoms with Gasteiger partial charge >= 0.3 is 0 Å². The Morgan fingerprint density at radius 2 is 1.78 bits per heavy atom. The lowest BCUT2D eigenvalue weighted by Crippen LogP contribution is -2.48. The molecule has 1 aliphatic heterocycles. The van der Waals surface area contributed by atoms with Crippen molar-refractivity contribution in [2.24, 2.45) is 5.73 Å². The van der Waals surface area contributed by atoms with E-state index >= 15 is 0 Å². The normalized spacial score (nSPS) is 14.8. The summed E-state index contributed by atoms with van der Waals surface area (Å²) in [5, 5.41) is 3.03. The van der Waals surface area contributed by atoms with Crippen LogP contribution in [0.25, 0.3) is 0 Å². The molecular formula is C20H25N5O2. The number of aryl methyl sites for hydroxylation is 2. The molecule has 3 N–H and O–H groups in total. The fourth-order valence-electron chi connectivity index (χ4n) is 3.31. The number of pyridine rings is 1. The summed E-state index contributed by atoms with van der Waals surface area (Å²) in [7, 11) is 0. The van der Waals surface area contributed by atoms with Crippen molar-refractivity contribution in [3.63, 3.8) is 0 Å². The van der Waals surface area contributed by atoms with Crippen molar-refractivity contribution in [3.8, 4) is 0 Å². The van der Waals surface area contributed by atoms with Gasteiger partial charge in [-0.1, -0.05) is 18.2 Å². The maximum Gasteiger partial charge on any atom is 0.267 e. The van der Waals surface area contributed by atoms with E-state index in [4.69, 9.17) is 5.73 Å². The molecule has 7 nitrogen and oxygen atoms in total. The van der Waals surface area contributed by atoms with E-state index < -0.39 is 5.91 Å². The van der Waals surface area contributed by atoms with E-state index in [1.807, 2.05) is 38.1 Å². The maximum atomic E-state index is 12.4. The lowest BCUT2D eigenvalue weighted by Gasteiger charge is -2.35. The second-order valence-corrected chi connectivity index (χ2v) is 6.84. The number of carbonyl (C=O) groups is 2. The number of nitrogens with one attached hydrogen (secondary N) is 1. The number of para-hydroxylation sites is 1. The first-order chi connectivity index (χ1) is 12.9. The fraction of sp³-hybridized carbons (Fsp3) is 0.350. The van der Waals surface area contributed by atoms with E-state index in [-0.39, 0.29) is 11.6 Å². The van der Waals surface area contributed by atoms with Gasteiger partial charge in [-0.3, -0.25) is 19.5 Å². The van der Waals surface area contributed by atoms with Gasteiger partial charge in [0.25, 0.3) is 5.91 Å². The predicted molar refractivity (Wildman–Crippen MR) is 106 cm³/mol. The molecule has 3 rings (SSSR count). The van der Waals surface area contributed by atoms with E-state index in [0.717, 1.165) is 48.7 Å². The van der Waals surface area contributed by atoms with Crippen molar-refractivity contribution in [2.75, 3.05) is 42.9 Å². The third kappa shape index (κ3) is 4.62. The highest BCUT2D eigenvalue weighted by Crippen LogP contribution is 2.20. The highest BCUT2D eigenvalue weighted by atomic mass is 16.2. The Balaban J connectivity index is 1.54. The number of hydrogen-bond donors (Lipinski definition) is 2. The van der Waals surface area contributed by atoms with E-state index in [1.165, 1.54) is 0 Å². The lowest BCUT2D eigenvalue weighted by molar-refractivity contribution is -0.117. The second kappa shape index (κ2) is 8.18. The second-order valence-electron chi connectivity index (χ2n) is 6.84. The van der Waals surface area contributed by atoms with Gasteiger partial charge in [0.1, 0.15) is 5.69 Å². The van der Waals surface area contributed by atoms with Crippen LogP contribution in [0.5, 0.6) is 0 Å². The number of piperazine rings is 1. The van der Waals surface area contributed by atoms with Crippen LogP contribution in [0.4, 0.5) is 11.4 Å². The van der Waals surface area contributed by atoms with Crippen LogP contribution in [0.3, 0.4) is 0 Å². The third-order valence-corrected chi connectivity index (χ3v) is 4.85. The number of primary amides is 1. The predicted octanol–water partition coefficient (Wildman–Crippen LogP) is 1.56. The Morgan fingerprint density at radius 1 is 1.11 bits per heavy atom. The Morgan fingerprint density at radius 3 is 2.41 bits per heavy atom. The molecule has 0 aliphatic carbocycles. The van der Waals surface area contributed by atoms with Gasteiger partial charge in [-0.15, -0.1) is 0 Å². The summed E-state index contributed by atoms with van der Waals surface area (Å²) in [6, 6.07) is 9.57. The largest absolute Gasteiger partial charge is 0.369 e.